The summed E-state index contributed by atoms with van der Waals surface area (Å²) in [5, 5.41) is 14.0. The van der Waals surface area contributed by atoms with E-state index in [0.29, 0.717) is 37.4 Å². The second kappa shape index (κ2) is 10.3. The average Bonchev–Trinajstić information content (AvgIpc) is 3.16. The zero-order chi connectivity index (χ0) is 27.0. The molecule has 2 heterocycles. The molecule has 2 unspecified atom stereocenters. The Morgan fingerprint density at radius 3 is 2.35 bits per heavy atom. The molecule has 1 saturated heterocycles. The van der Waals surface area contributed by atoms with Gasteiger partial charge in [-0.3, -0.25) is 9.80 Å². The maximum Gasteiger partial charge on any atom is 0.431 e. The summed E-state index contributed by atoms with van der Waals surface area (Å²) < 4.78 is 73.5. The van der Waals surface area contributed by atoms with Crippen LogP contribution in [-0.4, -0.2) is 60.9 Å². The van der Waals surface area contributed by atoms with Crippen LogP contribution in [0.15, 0.2) is 58.5 Å². The fourth-order valence-electron chi connectivity index (χ4n) is 4.67. The summed E-state index contributed by atoms with van der Waals surface area (Å²) in [5.74, 6) is -1.84. The second-order valence-corrected chi connectivity index (χ2v) is 11.3. The van der Waals surface area contributed by atoms with Crippen molar-refractivity contribution >= 4 is 27.4 Å². The molecule has 0 spiro atoms. The Labute approximate surface area is 213 Å². The number of aliphatic carboxylic acids is 1. The molecule has 2 aliphatic heterocycles. The van der Waals surface area contributed by atoms with Gasteiger partial charge >= 0.3 is 12.1 Å². The van der Waals surface area contributed by atoms with Crippen molar-refractivity contribution in [3.05, 3.63) is 54.1 Å². The van der Waals surface area contributed by atoms with Crippen molar-refractivity contribution in [2.75, 3.05) is 18.1 Å². The Hall–Kier alpha value is -3.12. The van der Waals surface area contributed by atoms with Gasteiger partial charge in [0.15, 0.2) is 0 Å². The van der Waals surface area contributed by atoms with E-state index in [9.17, 15) is 31.5 Å². The van der Waals surface area contributed by atoms with Crippen LogP contribution in [0.3, 0.4) is 0 Å². The molecule has 12 heteroatoms. The molecular weight excluding hydrogens is 511 g/mol. The molecule has 0 saturated carbocycles. The maximum absolute atomic E-state index is 13.4. The monoisotopic (exact) mass is 539 g/mol. The Morgan fingerprint density at radius 2 is 1.78 bits per heavy atom. The number of hydrogen-bond donors (Lipinski definition) is 1. The Kier molecular flexibility index (Phi) is 7.52. The molecule has 0 aromatic heterocycles. The van der Waals surface area contributed by atoms with Crippen molar-refractivity contribution in [2.45, 2.75) is 56.3 Å². The molecule has 1 fully saturated rings. The number of benzene rings is 2. The number of ether oxygens (including phenoxy) is 1. The number of aryl methyl sites for hydroxylation is 1. The van der Waals surface area contributed by atoms with Crippen LogP contribution in [0.4, 0.5) is 18.9 Å². The topological polar surface area (TPSA) is 99.5 Å². The molecule has 2 aromatic rings. The zero-order valence-corrected chi connectivity index (χ0v) is 21.2. The van der Waals surface area contributed by atoms with Crippen molar-refractivity contribution in [3.8, 4) is 5.75 Å². The number of hydrogen-bond acceptors (Lipinski definition) is 6. The van der Waals surface area contributed by atoms with Crippen LogP contribution < -0.4 is 9.75 Å². The third kappa shape index (κ3) is 5.90. The molecule has 0 aliphatic carbocycles. The number of nitrogens with zero attached hydrogens (tertiary/aromatic N) is 3. The third-order valence-electron chi connectivity index (χ3n) is 6.64. The Morgan fingerprint density at radius 1 is 1.14 bits per heavy atom. The van der Waals surface area contributed by atoms with Gasteiger partial charge in [-0.05, 0) is 61.7 Å². The summed E-state index contributed by atoms with van der Waals surface area (Å²) in [6.45, 7) is 3.76. The van der Waals surface area contributed by atoms with Crippen LogP contribution in [0, 0.1) is 12.8 Å². The van der Waals surface area contributed by atoms with Gasteiger partial charge in [0.2, 0.25) is 10.0 Å². The van der Waals surface area contributed by atoms with Gasteiger partial charge in [-0.25, -0.2) is 8.42 Å². The summed E-state index contributed by atoms with van der Waals surface area (Å²) in [5.41, 5.74) is 0.177. The van der Waals surface area contributed by atoms with Crippen molar-refractivity contribution < 1.29 is 36.2 Å². The summed E-state index contributed by atoms with van der Waals surface area (Å²) in [6.07, 6.45) is -4.41. The van der Waals surface area contributed by atoms with Crippen molar-refractivity contribution in [2.24, 2.45) is 11.0 Å². The van der Waals surface area contributed by atoms with Gasteiger partial charge in [0.1, 0.15) is 17.6 Å². The van der Waals surface area contributed by atoms with Gasteiger partial charge in [0.25, 0.3) is 0 Å². The molecule has 1 N–H and O–H groups in total. The quantitative estimate of drug-likeness (QED) is 0.559. The lowest BCUT2D eigenvalue weighted by Gasteiger charge is -2.31. The number of rotatable bonds is 7. The molecule has 8 nitrogen and oxygen atoms in total. The van der Waals surface area contributed by atoms with E-state index in [2.05, 4.69) is 5.10 Å². The van der Waals surface area contributed by atoms with E-state index in [4.69, 9.17) is 4.74 Å². The number of anilines is 1. The fraction of sp³-hybridized carbons (Fsp3) is 0.440. The summed E-state index contributed by atoms with van der Waals surface area (Å²) in [7, 11) is -3.59. The average molecular weight is 540 g/mol. The van der Waals surface area contributed by atoms with Crippen LogP contribution >= 0.6 is 0 Å². The van der Waals surface area contributed by atoms with Crippen molar-refractivity contribution in [3.63, 3.8) is 0 Å². The maximum atomic E-state index is 13.4. The predicted octanol–water partition coefficient (Wildman–Crippen LogP) is 4.44. The van der Waals surface area contributed by atoms with Gasteiger partial charge < -0.3 is 9.84 Å². The minimum Gasteiger partial charge on any atom is -0.490 e. The molecule has 2 aliphatic rings. The van der Waals surface area contributed by atoms with Gasteiger partial charge in [-0.1, -0.05) is 19.1 Å². The molecule has 0 bridgehead atoms. The van der Waals surface area contributed by atoms with E-state index in [1.807, 2.05) is 13.0 Å². The van der Waals surface area contributed by atoms with Crippen molar-refractivity contribution in [1.82, 2.24) is 4.31 Å². The lowest BCUT2D eigenvalue weighted by atomic mass is 9.94. The molecule has 200 valence electrons. The lowest BCUT2D eigenvalue weighted by molar-refractivity contribution is -0.137. The molecule has 2 atom stereocenters. The predicted molar refractivity (Wildman–Crippen MR) is 131 cm³/mol. The number of carboxylic acids is 1. The summed E-state index contributed by atoms with van der Waals surface area (Å²) >= 11 is 0. The highest BCUT2D eigenvalue weighted by atomic mass is 32.2. The van der Waals surface area contributed by atoms with Crippen molar-refractivity contribution in [1.29, 1.82) is 0 Å². The fourth-order valence-corrected chi connectivity index (χ4v) is 6.24. The van der Waals surface area contributed by atoms with Gasteiger partial charge in [-0.15, -0.1) is 0 Å². The number of carboxylic acid groups (broad SMARTS) is 1. The second-order valence-electron chi connectivity index (χ2n) is 9.31. The first-order chi connectivity index (χ1) is 17.4. The van der Waals surface area contributed by atoms with E-state index >= 15 is 0 Å². The highest BCUT2D eigenvalue weighted by Gasteiger charge is 2.48. The van der Waals surface area contributed by atoms with E-state index in [0.717, 1.165) is 10.6 Å². The minimum atomic E-state index is -4.66. The SMILES string of the molecule is Cc1cccc(S(=O)(=O)N2CCC(Oc3ccc(N4N=C(C(F)(F)F)C(C)C4CC(=O)O)cc3)CC2)c1. The van der Waals surface area contributed by atoms with E-state index < -0.39 is 46.3 Å². The van der Waals surface area contributed by atoms with Crippen LogP contribution in [0.1, 0.15) is 31.7 Å². The minimum absolute atomic E-state index is 0.226. The molecule has 0 amide bonds. The molecule has 37 heavy (non-hydrogen) atoms. The van der Waals surface area contributed by atoms with E-state index in [1.54, 1.807) is 30.3 Å². The van der Waals surface area contributed by atoms with Crippen LogP contribution in [0.25, 0.3) is 0 Å². The molecule has 4 rings (SSSR count). The molecule has 0 radical (unpaired) electrons. The standard InChI is InChI=1S/C25H28F3N3O5S/c1-16-4-3-5-21(14-16)37(34,35)30-12-10-20(11-13-30)36-19-8-6-18(7-9-19)31-22(15-23(32)33)17(2)24(29-31)25(26,27)28/h3-9,14,17,20,22H,10-13,15H2,1-2H3,(H,32,33). The number of hydrazone groups is 1. The number of carbonyl (C=O) groups is 1. The van der Waals surface area contributed by atoms with Crippen LogP contribution in [-0.2, 0) is 14.8 Å². The van der Waals surface area contributed by atoms with Gasteiger partial charge in [0.05, 0.1) is 23.0 Å². The molecular formula is C25H28F3N3O5S. The van der Waals surface area contributed by atoms with E-state index in [-0.39, 0.29) is 11.0 Å². The first-order valence-corrected chi connectivity index (χ1v) is 13.3. The van der Waals surface area contributed by atoms with Crippen LogP contribution in [0.2, 0.25) is 0 Å². The highest BCUT2D eigenvalue weighted by molar-refractivity contribution is 7.89. The highest BCUT2D eigenvalue weighted by Crippen LogP contribution is 2.37. The van der Waals surface area contributed by atoms with Crippen LogP contribution in [0.5, 0.6) is 5.75 Å². The first kappa shape index (κ1) is 26.9. The van der Waals surface area contributed by atoms with Gasteiger partial charge in [-0.2, -0.15) is 22.6 Å². The lowest BCUT2D eigenvalue weighted by Crippen LogP contribution is -2.41. The number of alkyl halides is 3. The third-order valence-corrected chi connectivity index (χ3v) is 8.54. The number of sulfonamides is 1. The number of piperidine rings is 1. The molecule has 2 aromatic carbocycles. The normalized spacial score (nSPS) is 21.6. The Balaban J connectivity index is 1.41. The summed E-state index contributed by atoms with van der Waals surface area (Å²) in [4.78, 5) is 11.5. The number of halogens is 3. The largest absolute Gasteiger partial charge is 0.490 e. The summed E-state index contributed by atoms with van der Waals surface area (Å²) in [6, 6.07) is 12.1. The zero-order valence-electron chi connectivity index (χ0n) is 20.4. The van der Waals surface area contributed by atoms with Gasteiger partial charge in [0, 0.05) is 19.0 Å². The first-order valence-electron chi connectivity index (χ1n) is 11.9. The smallest absolute Gasteiger partial charge is 0.431 e. The van der Waals surface area contributed by atoms with E-state index in [1.165, 1.54) is 23.4 Å². The Bertz CT molecular complexity index is 1270.